The van der Waals surface area contributed by atoms with Crippen molar-refractivity contribution in [3.05, 3.63) is 91.3 Å². The van der Waals surface area contributed by atoms with Crippen molar-refractivity contribution < 1.29 is 9.53 Å². The lowest BCUT2D eigenvalue weighted by molar-refractivity contribution is 0.0383. The molecule has 1 amide bonds. The molecule has 9 heteroatoms. The molecule has 0 saturated carbocycles. The summed E-state index contributed by atoms with van der Waals surface area (Å²) in [7, 11) is 0. The van der Waals surface area contributed by atoms with E-state index in [2.05, 4.69) is 15.3 Å². The first-order valence-electron chi connectivity index (χ1n) is 11.8. The highest BCUT2D eigenvalue weighted by molar-refractivity contribution is 5.91. The van der Waals surface area contributed by atoms with Gasteiger partial charge in [0.1, 0.15) is 0 Å². The molecule has 184 valence electrons. The molecule has 9 nitrogen and oxygen atoms in total. The van der Waals surface area contributed by atoms with E-state index in [0.717, 1.165) is 44.6 Å². The molecule has 1 aromatic heterocycles. The van der Waals surface area contributed by atoms with Crippen LogP contribution in [0.25, 0.3) is 5.69 Å². The Labute approximate surface area is 204 Å². The Kier molecular flexibility index (Phi) is 7.57. The third-order valence-corrected chi connectivity index (χ3v) is 6.13. The summed E-state index contributed by atoms with van der Waals surface area (Å²) in [4.78, 5) is 42.0. The summed E-state index contributed by atoms with van der Waals surface area (Å²) >= 11 is 0. The number of nitrogens with one attached hydrogen (secondary N) is 1. The lowest BCUT2D eigenvalue weighted by Gasteiger charge is -2.26. The molecule has 0 unspecified atom stereocenters. The van der Waals surface area contributed by atoms with E-state index in [1.807, 2.05) is 63.2 Å². The second-order valence-corrected chi connectivity index (χ2v) is 8.92. The Morgan fingerprint density at radius 2 is 1.71 bits per heavy atom. The molecule has 1 saturated heterocycles. The number of carbonyl (C=O) groups is 1. The lowest BCUT2D eigenvalue weighted by Crippen LogP contribution is -2.47. The van der Waals surface area contributed by atoms with E-state index in [0.29, 0.717) is 32.0 Å². The van der Waals surface area contributed by atoms with Gasteiger partial charge in [-0.15, -0.1) is 0 Å². The number of morpholine rings is 1. The molecule has 0 atom stereocenters. The van der Waals surface area contributed by atoms with Gasteiger partial charge in [0.2, 0.25) is 5.69 Å². The van der Waals surface area contributed by atoms with Crippen LogP contribution in [-0.4, -0.2) is 64.5 Å². The number of rotatable bonds is 7. The molecule has 0 aliphatic carbocycles. The molecule has 0 radical (unpaired) electrons. The largest absolute Gasteiger partial charge is 0.379 e. The van der Waals surface area contributed by atoms with Crippen molar-refractivity contribution in [2.45, 2.75) is 27.3 Å². The third-order valence-electron chi connectivity index (χ3n) is 6.13. The first-order valence-corrected chi connectivity index (χ1v) is 11.8. The molecule has 1 aliphatic rings. The molecule has 1 N–H and O–H groups in total. The number of aryl methyl sites for hydroxylation is 3. The maximum atomic E-state index is 13.4. The van der Waals surface area contributed by atoms with Crippen LogP contribution in [0, 0.1) is 20.8 Å². The molecule has 4 rings (SSSR count). The maximum Gasteiger partial charge on any atom is 0.352 e. The number of nitrogens with zero attached hydrogens (tertiary/aromatic N) is 4. The van der Waals surface area contributed by atoms with Crippen LogP contribution in [0.1, 0.15) is 32.7 Å². The predicted octanol–water partition coefficient (Wildman–Crippen LogP) is 1.43. The summed E-state index contributed by atoms with van der Waals surface area (Å²) in [6.45, 7) is 9.75. The Bertz CT molecular complexity index is 1320. The van der Waals surface area contributed by atoms with Gasteiger partial charge in [-0.2, -0.15) is 9.78 Å². The molecule has 0 spiro atoms. The minimum Gasteiger partial charge on any atom is -0.379 e. The normalized spacial score (nSPS) is 14.1. The van der Waals surface area contributed by atoms with Gasteiger partial charge >= 0.3 is 5.69 Å². The monoisotopic (exact) mass is 477 g/mol. The van der Waals surface area contributed by atoms with Crippen molar-refractivity contribution in [3.8, 4) is 5.69 Å². The van der Waals surface area contributed by atoms with Crippen LogP contribution in [0.5, 0.6) is 0 Å². The van der Waals surface area contributed by atoms with E-state index in [1.54, 1.807) is 0 Å². The summed E-state index contributed by atoms with van der Waals surface area (Å²) < 4.78 is 7.59. The summed E-state index contributed by atoms with van der Waals surface area (Å²) in [5, 5.41) is 7.04. The van der Waals surface area contributed by atoms with E-state index in [1.165, 1.54) is 0 Å². The van der Waals surface area contributed by atoms with Crippen molar-refractivity contribution >= 4 is 5.91 Å². The van der Waals surface area contributed by atoms with Gasteiger partial charge < -0.3 is 10.1 Å². The quantitative estimate of drug-likeness (QED) is 0.553. The van der Waals surface area contributed by atoms with Crippen LogP contribution >= 0.6 is 0 Å². The third kappa shape index (κ3) is 5.75. The van der Waals surface area contributed by atoms with Crippen molar-refractivity contribution in [2.75, 3.05) is 39.4 Å². The number of aromatic nitrogens is 3. The number of hydrogen-bond acceptors (Lipinski definition) is 6. The van der Waals surface area contributed by atoms with Gasteiger partial charge in [0.25, 0.3) is 11.5 Å². The Morgan fingerprint density at radius 1 is 1.03 bits per heavy atom. The maximum absolute atomic E-state index is 13.4. The molecule has 2 heterocycles. The second kappa shape index (κ2) is 10.8. The summed E-state index contributed by atoms with van der Waals surface area (Å²) in [5.74, 6) is -0.597. The summed E-state index contributed by atoms with van der Waals surface area (Å²) in [5.41, 5.74) is 2.57. The zero-order valence-electron chi connectivity index (χ0n) is 20.4. The zero-order valence-corrected chi connectivity index (χ0v) is 20.4. The molecule has 3 aromatic rings. The first-order chi connectivity index (χ1) is 16.8. The molecule has 1 aliphatic heterocycles. The second-order valence-electron chi connectivity index (χ2n) is 8.92. The number of hydrogen-bond donors (Lipinski definition) is 1. The predicted molar refractivity (Wildman–Crippen MR) is 133 cm³/mol. The SMILES string of the molecule is Cc1cc(C)cc(-n2nc(C(=O)NCCN3CCOCC3)c(=O)n(Cc3ccccc3C)c2=O)c1. The van der Waals surface area contributed by atoms with Gasteiger partial charge in [-0.1, -0.05) is 30.3 Å². The molecule has 35 heavy (non-hydrogen) atoms. The van der Waals surface area contributed by atoms with Crippen LogP contribution in [-0.2, 0) is 11.3 Å². The minimum absolute atomic E-state index is 0.0473. The van der Waals surface area contributed by atoms with Gasteiger partial charge in [0.05, 0.1) is 25.4 Å². The van der Waals surface area contributed by atoms with Crippen LogP contribution < -0.4 is 16.6 Å². The number of carbonyl (C=O) groups excluding carboxylic acids is 1. The van der Waals surface area contributed by atoms with E-state index >= 15 is 0 Å². The van der Waals surface area contributed by atoms with Gasteiger partial charge in [-0.05, 0) is 55.2 Å². The lowest BCUT2D eigenvalue weighted by atomic mass is 10.1. The Hall–Kier alpha value is -3.56. The highest BCUT2D eigenvalue weighted by Gasteiger charge is 2.21. The fourth-order valence-corrected chi connectivity index (χ4v) is 4.23. The van der Waals surface area contributed by atoms with Crippen LogP contribution in [0.15, 0.2) is 52.1 Å². The minimum atomic E-state index is -0.706. The zero-order chi connectivity index (χ0) is 24.9. The number of ether oxygens (including phenoxy) is 1. The molecule has 2 aromatic carbocycles. The van der Waals surface area contributed by atoms with Gasteiger partial charge in [-0.3, -0.25) is 19.1 Å². The van der Waals surface area contributed by atoms with Crippen LogP contribution in [0.4, 0.5) is 0 Å². The standard InChI is InChI=1S/C26H31N5O4/c1-18-14-19(2)16-22(15-18)31-26(34)30(17-21-7-5-4-6-20(21)3)25(33)23(28-31)24(32)27-8-9-29-10-12-35-13-11-29/h4-7,14-16H,8-13,17H2,1-3H3,(H,27,32). The van der Waals surface area contributed by atoms with Gasteiger partial charge in [0.15, 0.2) is 0 Å². The van der Waals surface area contributed by atoms with E-state index in [9.17, 15) is 14.4 Å². The smallest absolute Gasteiger partial charge is 0.352 e. The fourth-order valence-electron chi connectivity index (χ4n) is 4.23. The van der Waals surface area contributed by atoms with Crippen molar-refractivity contribution in [2.24, 2.45) is 0 Å². The van der Waals surface area contributed by atoms with Crippen LogP contribution in [0.2, 0.25) is 0 Å². The number of benzene rings is 2. The molecular weight excluding hydrogens is 446 g/mol. The summed E-state index contributed by atoms with van der Waals surface area (Å²) in [6, 6.07) is 13.1. The molecular formula is C26H31N5O4. The van der Waals surface area contributed by atoms with Gasteiger partial charge in [0, 0.05) is 26.2 Å². The average molecular weight is 478 g/mol. The highest BCUT2D eigenvalue weighted by Crippen LogP contribution is 2.12. The average Bonchev–Trinajstić information content (AvgIpc) is 2.83. The molecule has 0 bridgehead atoms. The van der Waals surface area contributed by atoms with Crippen molar-refractivity contribution in [1.82, 2.24) is 24.6 Å². The van der Waals surface area contributed by atoms with Crippen LogP contribution in [0.3, 0.4) is 0 Å². The Balaban J connectivity index is 1.72. The van der Waals surface area contributed by atoms with E-state index < -0.39 is 17.2 Å². The molecule has 1 fully saturated rings. The fraction of sp³-hybridized carbons (Fsp3) is 0.385. The van der Waals surface area contributed by atoms with E-state index in [-0.39, 0.29) is 12.2 Å². The van der Waals surface area contributed by atoms with Crippen molar-refractivity contribution in [3.63, 3.8) is 0 Å². The summed E-state index contributed by atoms with van der Waals surface area (Å²) in [6.07, 6.45) is 0. The van der Waals surface area contributed by atoms with E-state index in [4.69, 9.17) is 4.74 Å². The highest BCUT2D eigenvalue weighted by atomic mass is 16.5. The first kappa shape index (κ1) is 24.6. The number of amides is 1. The van der Waals surface area contributed by atoms with Gasteiger partial charge in [-0.25, -0.2) is 4.79 Å². The Morgan fingerprint density at radius 3 is 2.40 bits per heavy atom. The van der Waals surface area contributed by atoms with Crippen molar-refractivity contribution in [1.29, 1.82) is 0 Å². The topological polar surface area (TPSA) is 98.5 Å².